The van der Waals surface area contributed by atoms with Gasteiger partial charge in [0, 0.05) is 18.1 Å². The lowest BCUT2D eigenvalue weighted by atomic mass is 10.0. The summed E-state index contributed by atoms with van der Waals surface area (Å²) in [6, 6.07) is 8.02. The second-order valence-electron chi connectivity index (χ2n) is 6.13. The molecular weight excluding hydrogens is 284 g/mol. The molecule has 0 aliphatic heterocycles. The molecular formula is C20H24N2O. The van der Waals surface area contributed by atoms with Gasteiger partial charge in [-0.15, -0.1) is 6.58 Å². The van der Waals surface area contributed by atoms with Crippen molar-refractivity contribution in [3.63, 3.8) is 0 Å². The Hall–Kier alpha value is -2.21. The fourth-order valence-corrected chi connectivity index (χ4v) is 3.06. The highest BCUT2D eigenvalue weighted by Crippen LogP contribution is 2.30. The van der Waals surface area contributed by atoms with E-state index >= 15 is 0 Å². The molecule has 1 aromatic carbocycles. The van der Waals surface area contributed by atoms with Gasteiger partial charge in [-0.1, -0.05) is 38.0 Å². The minimum Gasteiger partial charge on any atom is -0.299 e. The van der Waals surface area contributed by atoms with Crippen molar-refractivity contribution in [1.29, 1.82) is 5.26 Å². The SMILES string of the molecule is C=CCC1CC(=Nc2c(C#N)cccc2CCCCC)CC1=O. The Morgan fingerprint density at radius 3 is 2.96 bits per heavy atom. The molecule has 23 heavy (non-hydrogen) atoms. The number of carbonyl (C=O) groups is 1. The Bertz CT molecular complexity index is 652. The van der Waals surface area contributed by atoms with E-state index in [1.807, 2.05) is 12.1 Å². The van der Waals surface area contributed by atoms with Crippen LogP contribution >= 0.6 is 0 Å². The maximum Gasteiger partial charge on any atom is 0.142 e. The number of para-hydroxylation sites is 1. The molecule has 0 amide bonds. The zero-order valence-electron chi connectivity index (χ0n) is 13.8. The molecule has 0 aromatic heterocycles. The maximum atomic E-state index is 12.0. The summed E-state index contributed by atoms with van der Waals surface area (Å²) in [4.78, 5) is 16.8. The molecule has 0 radical (unpaired) electrons. The molecule has 0 spiro atoms. The summed E-state index contributed by atoms with van der Waals surface area (Å²) >= 11 is 0. The Labute approximate surface area is 138 Å². The molecule has 3 heteroatoms. The normalized spacial score (nSPS) is 19.0. The van der Waals surface area contributed by atoms with Crippen molar-refractivity contribution in [2.24, 2.45) is 10.9 Å². The van der Waals surface area contributed by atoms with Gasteiger partial charge in [-0.25, -0.2) is 0 Å². The van der Waals surface area contributed by atoms with Crippen LogP contribution in [0.15, 0.2) is 35.8 Å². The summed E-state index contributed by atoms with van der Waals surface area (Å²) in [5, 5.41) is 9.38. The van der Waals surface area contributed by atoms with Gasteiger partial charge in [-0.2, -0.15) is 5.26 Å². The molecule has 3 nitrogen and oxygen atoms in total. The number of hydrogen-bond acceptors (Lipinski definition) is 3. The van der Waals surface area contributed by atoms with E-state index in [2.05, 4.69) is 19.6 Å². The van der Waals surface area contributed by atoms with Gasteiger partial charge < -0.3 is 0 Å². The number of rotatable bonds is 7. The first-order chi connectivity index (χ1) is 11.2. The maximum absolute atomic E-state index is 12.0. The van der Waals surface area contributed by atoms with Gasteiger partial charge in [-0.05, 0) is 37.3 Å². The summed E-state index contributed by atoms with van der Waals surface area (Å²) in [5.74, 6) is 0.259. The lowest BCUT2D eigenvalue weighted by Gasteiger charge is -2.08. The van der Waals surface area contributed by atoms with Gasteiger partial charge in [-0.3, -0.25) is 9.79 Å². The predicted molar refractivity (Wildman–Crippen MR) is 94.0 cm³/mol. The van der Waals surface area contributed by atoms with Crippen molar-refractivity contribution in [3.05, 3.63) is 42.0 Å². The van der Waals surface area contributed by atoms with E-state index in [1.54, 1.807) is 12.1 Å². The predicted octanol–water partition coefficient (Wildman–Crippen LogP) is 4.92. The van der Waals surface area contributed by atoms with Crippen LogP contribution in [0.3, 0.4) is 0 Å². The average Bonchev–Trinajstić information content (AvgIpc) is 2.89. The Balaban J connectivity index is 2.27. The van der Waals surface area contributed by atoms with Gasteiger partial charge >= 0.3 is 0 Å². The van der Waals surface area contributed by atoms with Crippen molar-refractivity contribution in [2.75, 3.05) is 0 Å². The van der Waals surface area contributed by atoms with Crippen LogP contribution in [0.5, 0.6) is 0 Å². The molecule has 0 bridgehead atoms. The van der Waals surface area contributed by atoms with Crippen LogP contribution in [0.1, 0.15) is 56.6 Å². The molecule has 2 rings (SSSR count). The summed E-state index contributed by atoms with van der Waals surface area (Å²) in [6.07, 6.45) is 7.98. The van der Waals surface area contributed by atoms with Crippen molar-refractivity contribution in [2.45, 2.75) is 51.9 Å². The van der Waals surface area contributed by atoms with Crippen molar-refractivity contribution < 1.29 is 4.79 Å². The van der Waals surface area contributed by atoms with E-state index in [0.29, 0.717) is 24.8 Å². The van der Waals surface area contributed by atoms with Crippen molar-refractivity contribution in [3.8, 4) is 6.07 Å². The zero-order chi connectivity index (χ0) is 16.7. The lowest BCUT2D eigenvalue weighted by Crippen LogP contribution is -2.03. The van der Waals surface area contributed by atoms with Gasteiger partial charge in [0.1, 0.15) is 11.9 Å². The number of carbonyl (C=O) groups excluding carboxylic acids is 1. The van der Waals surface area contributed by atoms with Crippen LogP contribution in [-0.4, -0.2) is 11.5 Å². The molecule has 1 aromatic rings. The number of benzene rings is 1. The first-order valence-corrected chi connectivity index (χ1v) is 8.41. The Morgan fingerprint density at radius 2 is 2.26 bits per heavy atom. The zero-order valence-corrected chi connectivity index (χ0v) is 13.8. The quantitative estimate of drug-likeness (QED) is 0.530. The van der Waals surface area contributed by atoms with Crippen LogP contribution in [0, 0.1) is 17.2 Å². The topological polar surface area (TPSA) is 53.2 Å². The second-order valence-corrected chi connectivity index (χ2v) is 6.13. The molecule has 1 fully saturated rings. The van der Waals surface area contributed by atoms with Crippen LogP contribution in [0.25, 0.3) is 0 Å². The van der Waals surface area contributed by atoms with E-state index in [4.69, 9.17) is 4.99 Å². The van der Waals surface area contributed by atoms with Crippen LogP contribution in [0.2, 0.25) is 0 Å². The van der Waals surface area contributed by atoms with Crippen LogP contribution in [-0.2, 0) is 11.2 Å². The molecule has 1 atom stereocenters. The summed E-state index contributed by atoms with van der Waals surface area (Å²) in [6.45, 7) is 5.89. The van der Waals surface area contributed by atoms with E-state index in [1.165, 1.54) is 12.8 Å². The molecule has 1 saturated carbocycles. The molecule has 0 N–H and O–H groups in total. The third-order valence-electron chi connectivity index (χ3n) is 4.33. The monoisotopic (exact) mass is 308 g/mol. The highest BCUT2D eigenvalue weighted by molar-refractivity contribution is 6.10. The van der Waals surface area contributed by atoms with E-state index in [-0.39, 0.29) is 11.7 Å². The molecule has 0 saturated heterocycles. The number of ketones is 1. The summed E-state index contributed by atoms with van der Waals surface area (Å²) in [5.41, 5.74) is 3.39. The largest absolute Gasteiger partial charge is 0.299 e. The third-order valence-corrected chi connectivity index (χ3v) is 4.33. The van der Waals surface area contributed by atoms with E-state index in [9.17, 15) is 10.1 Å². The number of aliphatic imine (C=N–C) groups is 1. The van der Waals surface area contributed by atoms with Crippen molar-refractivity contribution >= 4 is 17.2 Å². The number of nitrogens with zero attached hydrogens (tertiary/aromatic N) is 2. The highest BCUT2D eigenvalue weighted by atomic mass is 16.1. The molecule has 0 heterocycles. The van der Waals surface area contributed by atoms with Gasteiger partial charge in [0.05, 0.1) is 11.3 Å². The number of Topliss-reactive ketones (excluding diaryl/α,β-unsaturated/α-hetero) is 1. The van der Waals surface area contributed by atoms with Crippen LogP contribution in [0.4, 0.5) is 5.69 Å². The van der Waals surface area contributed by atoms with Gasteiger partial charge in [0.25, 0.3) is 0 Å². The minimum atomic E-state index is 0.0176. The fourth-order valence-electron chi connectivity index (χ4n) is 3.06. The number of unbranched alkanes of at least 4 members (excludes halogenated alkanes) is 2. The van der Waals surface area contributed by atoms with Gasteiger partial charge in [0.2, 0.25) is 0 Å². The molecule has 1 unspecified atom stereocenters. The molecule has 1 aliphatic rings. The average molecular weight is 308 g/mol. The number of hydrogen-bond donors (Lipinski definition) is 0. The van der Waals surface area contributed by atoms with E-state index < -0.39 is 0 Å². The smallest absolute Gasteiger partial charge is 0.142 e. The molecule has 1 aliphatic carbocycles. The lowest BCUT2D eigenvalue weighted by molar-refractivity contribution is -0.120. The summed E-state index contributed by atoms with van der Waals surface area (Å²) in [7, 11) is 0. The molecule has 120 valence electrons. The minimum absolute atomic E-state index is 0.0176. The standard InChI is InChI=1S/C20H24N2O/c1-3-5-6-9-15-10-7-11-17(14-21)20(15)22-18-12-16(8-4-2)19(23)13-18/h4,7,10-11,16H,2-3,5-6,8-9,12-13H2,1H3. The van der Waals surface area contributed by atoms with Crippen LogP contribution < -0.4 is 0 Å². The van der Waals surface area contributed by atoms with E-state index in [0.717, 1.165) is 29.8 Å². The van der Waals surface area contributed by atoms with Gasteiger partial charge in [0.15, 0.2) is 0 Å². The first-order valence-electron chi connectivity index (χ1n) is 8.41. The number of allylic oxidation sites excluding steroid dienone is 1. The Kier molecular flexibility index (Phi) is 6.29. The summed E-state index contributed by atoms with van der Waals surface area (Å²) < 4.78 is 0. The third kappa shape index (κ3) is 4.39. The number of aryl methyl sites for hydroxylation is 1. The highest BCUT2D eigenvalue weighted by Gasteiger charge is 2.28. The number of nitriles is 1. The fraction of sp³-hybridized carbons (Fsp3) is 0.450. The first kappa shape index (κ1) is 17.1. The van der Waals surface area contributed by atoms with Crippen molar-refractivity contribution in [1.82, 2.24) is 0 Å². The second kappa shape index (κ2) is 8.43. The Morgan fingerprint density at radius 1 is 1.43 bits per heavy atom.